The number of thioether (sulfide) groups is 1. The maximum Gasteiger partial charge on any atom is 0.315 e. The van der Waals surface area contributed by atoms with Crippen molar-refractivity contribution in [1.82, 2.24) is 5.32 Å². The molecule has 1 heterocycles. The Labute approximate surface area is 170 Å². The minimum absolute atomic E-state index is 0.00452. The molecular formula is C22H26N2O3S. The fourth-order valence-corrected chi connectivity index (χ4v) is 3.98. The molecule has 0 aromatic heterocycles. The summed E-state index contributed by atoms with van der Waals surface area (Å²) in [7, 11) is 1.37. The van der Waals surface area contributed by atoms with Crippen molar-refractivity contribution in [1.29, 1.82) is 0 Å². The fourth-order valence-electron chi connectivity index (χ4n) is 3.22. The number of ether oxygens (including phenoxy) is 1. The Kier molecular flexibility index (Phi) is 7.37. The maximum atomic E-state index is 11.9. The van der Waals surface area contributed by atoms with E-state index in [1.54, 1.807) is 0 Å². The number of rotatable bonds is 9. The molecule has 0 atom stereocenters. The van der Waals surface area contributed by atoms with Crippen molar-refractivity contribution in [3.8, 4) is 0 Å². The number of carbonyl (C=O) groups is 2. The first-order valence-electron chi connectivity index (χ1n) is 9.47. The number of anilines is 1. The van der Waals surface area contributed by atoms with E-state index in [0.29, 0.717) is 18.7 Å². The first-order chi connectivity index (χ1) is 13.7. The summed E-state index contributed by atoms with van der Waals surface area (Å²) in [5, 5.41) is 2.93. The second-order valence-electron chi connectivity index (χ2n) is 6.77. The van der Waals surface area contributed by atoms with E-state index in [0.717, 1.165) is 25.1 Å². The topological polar surface area (TPSA) is 58.6 Å². The predicted octanol–water partition coefficient (Wildman–Crippen LogP) is 3.16. The Morgan fingerprint density at radius 2 is 1.86 bits per heavy atom. The number of methoxy groups -OCH3 is 1. The van der Waals surface area contributed by atoms with Crippen LogP contribution in [0.4, 0.5) is 5.69 Å². The molecule has 0 radical (unpaired) electrons. The average molecular weight is 399 g/mol. The number of benzene rings is 2. The van der Waals surface area contributed by atoms with Gasteiger partial charge in [-0.1, -0.05) is 42.5 Å². The van der Waals surface area contributed by atoms with E-state index in [9.17, 15) is 9.59 Å². The summed E-state index contributed by atoms with van der Waals surface area (Å²) in [6.07, 6.45) is 1.51. The average Bonchev–Trinajstić information content (AvgIpc) is 3.13. The summed E-state index contributed by atoms with van der Waals surface area (Å²) in [5.41, 5.74) is 5.11. The van der Waals surface area contributed by atoms with Crippen molar-refractivity contribution in [3.05, 3.63) is 65.2 Å². The van der Waals surface area contributed by atoms with Gasteiger partial charge in [0.1, 0.15) is 0 Å². The lowest BCUT2D eigenvalue weighted by molar-refractivity contribution is -0.137. The van der Waals surface area contributed by atoms with Crippen LogP contribution in [-0.4, -0.2) is 37.0 Å². The molecular weight excluding hydrogens is 372 g/mol. The lowest BCUT2D eigenvalue weighted by Gasteiger charge is -2.19. The zero-order valence-electron chi connectivity index (χ0n) is 16.1. The Morgan fingerprint density at radius 3 is 2.64 bits per heavy atom. The van der Waals surface area contributed by atoms with E-state index in [4.69, 9.17) is 0 Å². The van der Waals surface area contributed by atoms with Crippen LogP contribution in [0.2, 0.25) is 0 Å². The number of amides is 1. The van der Waals surface area contributed by atoms with E-state index >= 15 is 0 Å². The van der Waals surface area contributed by atoms with Crippen molar-refractivity contribution in [2.45, 2.75) is 25.9 Å². The SMILES string of the molecule is COC(=O)CSCCC(=O)NCc1ccc(CN2CCc3ccccc32)cc1. The summed E-state index contributed by atoms with van der Waals surface area (Å²) in [5.74, 6) is 0.627. The number of hydrogen-bond acceptors (Lipinski definition) is 5. The van der Waals surface area contributed by atoms with Gasteiger partial charge in [0.2, 0.25) is 5.91 Å². The van der Waals surface area contributed by atoms with Gasteiger partial charge in [0.05, 0.1) is 12.9 Å². The molecule has 1 amide bonds. The summed E-state index contributed by atoms with van der Waals surface area (Å²) in [6.45, 7) is 2.49. The lowest BCUT2D eigenvalue weighted by atomic mass is 10.1. The standard InChI is InChI=1S/C22H26N2O3S/c1-27-22(26)16-28-13-11-21(25)23-14-17-6-8-18(9-7-17)15-24-12-10-19-4-2-3-5-20(19)24/h2-9H,10-16H2,1H3,(H,23,25). The van der Waals surface area contributed by atoms with E-state index in [1.165, 1.54) is 35.7 Å². The molecule has 148 valence electrons. The molecule has 1 aliphatic heterocycles. The van der Waals surface area contributed by atoms with Crippen molar-refractivity contribution in [2.24, 2.45) is 0 Å². The molecule has 1 aliphatic rings. The largest absolute Gasteiger partial charge is 0.468 e. The van der Waals surface area contributed by atoms with Crippen molar-refractivity contribution >= 4 is 29.3 Å². The highest BCUT2D eigenvalue weighted by Gasteiger charge is 2.18. The van der Waals surface area contributed by atoms with Crippen LogP contribution < -0.4 is 10.2 Å². The zero-order valence-corrected chi connectivity index (χ0v) is 17.0. The van der Waals surface area contributed by atoms with Crippen molar-refractivity contribution < 1.29 is 14.3 Å². The molecule has 0 saturated heterocycles. The second kappa shape index (κ2) is 10.2. The molecule has 0 aliphatic carbocycles. The zero-order chi connectivity index (χ0) is 19.8. The van der Waals surface area contributed by atoms with Gasteiger partial charge in [-0.2, -0.15) is 0 Å². The third kappa shape index (κ3) is 5.76. The summed E-state index contributed by atoms with van der Waals surface area (Å²) >= 11 is 1.41. The first kappa shape index (κ1) is 20.3. The molecule has 0 spiro atoms. The molecule has 1 N–H and O–H groups in total. The third-order valence-corrected chi connectivity index (χ3v) is 5.72. The molecule has 2 aromatic carbocycles. The smallest absolute Gasteiger partial charge is 0.315 e. The van der Waals surface area contributed by atoms with Crippen LogP contribution in [-0.2, 0) is 33.8 Å². The maximum absolute atomic E-state index is 11.9. The molecule has 0 fully saturated rings. The molecule has 2 aromatic rings. The Morgan fingerprint density at radius 1 is 1.11 bits per heavy atom. The quantitative estimate of drug-likeness (QED) is 0.519. The number of para-hydroxylation sites is 1. The predicted molar refractivity (Wildman–Crippen MR) is 113 cm³/mol. The molecule has 0 bridgehead atoms. The number of nitrogens with one attached hydrogen (secondary N) is 1. The summed E-state index contributed by atoms with van der Waals surface area (Å²) in [4.78, 5) is 25.3. The van der Waals surface area contributed by atoms with Gasteiger partial charge in [0, 0.05) is 37.5 Å². The van der Waals surface area contributed by atoms with Gasteiger partial charge in [-0.05, 0) is 29.2 Å². The van der Waals surface area contributed by atoms with Gasteiger partial charge in [0.25, 0.3) is 0 Å². The van der Waals surface area contributed by atoms with Gasteiger partial charge < -0.3 is 15.0 Å². The molecule has 0 saturated carbocycles. The molecule has 6 heteroatoms. The normalized spacial score (nSPS) is 12.5. The van der Waals surface area contributed by atoms with Crippen molar-refractivity contribution in [2.75, 3.05) is 30.1 Å². The number of esters is 1. The summed E-state index contributed by atoms with van der Waals surface area (Å²) < 4.78 is 4.57. The van der Waals surface area contributed by atoms with Crippen LogP contribution in [0.25, 0.3) is 0 Å². The number of fused-ring (bicyclic) bond motifs is 1. The first-order valence-corrected chi connectivity index (χ1v) is 10.6. The van der Waals surface area contributed by atoms with Gasteiger partial charge in [0.15, 0.2) is 0 Å². The van der Waals surface area contributed by atoms with Crippen LogP contribution in [0, 0.1) is 0 Å². The van der Waals surface area contributed by atoms with Gasteiger partial charge in [-0.25, -0.2) is 0 Å². The fraction of sp³-hybridized carbons (Fsp3) is 0.364. The van der Waals surface area contributed by atoms with E-state index in [1.807, 2.05) is 0 Å². The number of carbonyl (C=O) groups excluding carboxylic acids is 2. The van der Waals surface area contributed by atoms with Gasteiger partial charge in [-0.15, -0.1) is 11.8 Å². The van der Waals surface area contributed by atoms with E-state index < -0.39 is 0 Å². The third-order valence-electron chi connectivity index (χ3n) is 4.79. The van der Waals surface area contributed by atoms with Crippen LogP contribution in [0.5, 0.6) is 0 Å². The van der Waals surface area contributed by atoms with Gasteiger partial charge in [-0.3, -0.25) is 9.59 Å². The van der Waals surface area contributed by atoms with Crippen LogP contribution >= 0.6 is 11.8 Å². The highest BCUT2D eigenvalue weighted by molar-refractivity contribution is 7.99. The molecule has 28 heavy (non-hydrogen) atoms. The summed E-state index contributed by atoms with van der Waals surface area (Å²) in [6, 6.07) is 17.0. The molecule has 0 unspecified atom stereocenters. The Balaban J connectivity index is 1.40. The second-order valence-corrected chi connectivity index (χ2v) is 7.88. The van der Waals surface area contributed by atoms with E-state index in [-0.39, 0.29) is 17.6 Å². The van der Waals surface area contributed by atoms with Crippen molar-refractivity contribution in [3.63, 3.8) is 0 Å². The molecule has 3 rings (SSSR count). The number of hydrogen-bond donors (Lipinski definition) is 1. The molecule has 5 nitrogen and oxygen atoms in total. The highest BCUT2D eigenvalue weighted by Crippen LogP contribution is 2.28. The minimum Gasteiger partial charge on any atom is -0.468 e. The monoisotopic (exact) mass is 398 g/mol. The van der Waals surface area contributed by atoms with Gasteiger partial charge >= 0.3 is 5.97 Å². The Bertz CT molecular complexity index is 808. The Hall–Kier alpha value is -2.47. The van der Waals surface area contributed by atoms with Crippen LogP contribution in [0.15, 0.2) is 48.5 Å². The highest BCUT2D eigenvalue weighted by atomic mass is 32.2. The lowest BCUT2D eigenvalue weighted by Crippen LogP contribution is -2.23. The minimum atomic E-state index is -0.261. The van der Waals surface area contributed by atoms with Crippen LogP contribution in [0.3, 0.4) is 0 Å². The van der Waals surface area contributed by atoms with Crippen LogP contribution in [0.1, 0.15) is 23.1 Å². The number of nitrogens with zero attached hydrogens (tertiary/aromatic N) is 1. The van der Waals surface area contributed by atoms with E-state index in [2.05, 4.69) is 63.5 Å².